The van der Waals surface area contributed by atoms with Gasteiger partial charge in [-0.15, -0.1) is 0 Å². The molecule has 2 rings (SSSR count). The Morgan fingerprint density at radius 3 is 2.53 bits per heavy atom. The number of nitrogens with two attached hydrogens (primary N) is 2. The van der Waals surface area contributed by atoms with Gasteiger partial charge in [-0.05, 0) is 30.9 Å². The zero-order valence-electron chi connectivity index (χ0n) is 9.46. The van der Waals surface area contributed by atoms with Gasteiger partial charge in [-0.2, -0.15) is 0 Å². The summed E-state index contributed by atoms with van der Waals surface area (Å²) >= 11 is 0. The number of hydrogen-bond donors (Lipinski definition) is 3. The molecule has 0 aliphatic heterocycles. The Balaban J connectivity index is 2.25. The quantitative estimate of drug-likeness (QED) is 0.713. The molecule has 1 atom stereocenters. The number of hydrogen-bond acceptors (Lipinski definition) is 4. The predicted molar refractivity (Wildman–Crippen MR) is 67.0 cm³/mol. The lowest BCUT2D eigenvalue weighted by Gasteiger charge is -2.19. The minimum atomic E-state index is -3.70. The third kappa shape index (κ3) is 2.96. The molecular formula is C11H17N3O2S. The number of nitrogens with one attached hydrogen (secondary N) is 1. The molecular weight excluding hydrogens is 238 g/mol. The molecule has 0 bridgehead atoms. The van der Waals surface area contributed by atoms with Crippen LogP contribution in [0.4, 0.5) is 5.69 Å². The lowest BCUT2D eigenvalue weighted by Crippen LogP contribution is -2.31. The van der Waals surface area contributed by atoms with Crippen molar-refractivity contribution in [2.45, 2.75) is 23.8 Å². The lowest BCUT2D eigenvalue weighted by atomic mass is 10.1. The van der Waals surface area contributed by atoms with Crippen LogP contribution in [0.1, 0.15) is 12.8 Å². The molecule has 1 aromatic carbocycles. The first-order chi connectivity index (χ1) is 8.02. The second-order valence-corrected chi connectivity index (χ2v) is 5.89. The Bertz CT molecular complexity index is 497. The van der Waals surface area contributed by atoms with E-state index in [2.05, 4.69) is 5.32 Å². The topological polar surface area (TPSA) is 98.2 Å². The summed E-state index contributed by atoms with van der Waals surface area (Å²) in [6.07, 6.45) is 2.29. The van der Waals surface area contributed by atoms with Crippen LogP contribution in [-0.4, -0.2) is 21.0 Å². The van der Waals surface area contributed by atoms with Crippen LogP contribution in [0.15, 0.2) is 29.2 Å². The van der Waals surface area contributed by atoms with E-state index in [1.165, 1.54) is 6.07 Å². The summed E-state index contributed by atoms with van der Waals surface area (Å²) in [4.78, 5) is 0.124. The highest BCUT2D eigenvalue weighted by atomic mass is 32.2. The van der Waals surface area contributed by atoms with Crippen LogP contribution in [0.5, 0.6) is 0 Å². The van der Waals surface area contributed by atoms with Gasteiger partial charge in [-0.1, -0.05) is 12.1 Å². The van der Waals surface area contributed by atoms with Crippen LogP contribution >= 0.6 is 0 Å². The Hall–Kier alpha value is -1.11. The summed E-state index contributed by atoms with van der Waals surface area (Å²) in [5.74, 6) is 0.550. The fraction of sp³-hybridized carbons (Fsp3) is 0.455. The molecule has 1 aliphatic rings. The van der Waals surface area contributed by atoms with Crippen molar-refractivity contribution in [1.29, 1.82) is 0 Å². The van der Waals surface area contributed by atoms with Gasteiger partial charge in [-0.25, -0.2) is 13.6 Å². The smallest absolute Gasteiger partial charge is 0.240 e. The largest absolute Gasteiger partial charge is 0.380 e. The van der Waals surface area contributed by atoms with Crippen molar-refractivity contribution in [1.82, 2.24) is 0 Å². The number of anilines is 1. The maximum Gasteiger partial charge on any atom is 0.240 e. The Morgan fingerprint density at radius 2 is 2.00 bits per heavy atom. The van der Waals surface area contributed by atoms with E-state index in [1.54, 1.807) is 18.2 Å². The Morgan fingerprint density at radius 1 is 1.35 bits per heavy atom. The van der Waals surface area contributed by atoms with Crippen molar-refractivity contribution >= 4 is 15.7 Å². The summed E-state index contributed by atoms with van der Waals surface area (Å²) in [6, 6.07) is 6.76. The van der Waals surface area contributed by atoms with Crippen LogP contribution in [0.25, 0.3) is 0 Å². The van der Waals surface area contributed by atoms with E-state index in [0.29, 0.717) is 18.2 Å². The molecule has 0 heterocycles. The SMILES string of the molecule is NCC(Nc1ccccc1S(N)(=O)=O)C1CC1. The van der Waals surface area contributed by atoms with Crippen molar-refractivity contribution in [3.8, 4) is 0 Å². The van der Waals surface area contributed by atoms with Crippen LogP contribution < -0.4 is 16.2 Å². The Labute approximate surface area is 101 Å². The third-order valence-corrected chi connectivity index (χ3v) is 3.95. The molecule has 94 valence electrons. The first-order valence-corrected chi connectivity index (χ1v) is 7.15. The first-order valence-electron chi connectivity index (χ1n) is 5.61. The summed E-state index contributed by atoms with van der Waals surface area (Å²) in [5, 5.41) is 8.35. The minimum Gasteiger partial charge on any atom is -0.380 e. The van der Waals surface area contributed by atoms with Gasteiger partial charge < -0.3 is 11.1 Å². The number of rotatable bonds is 5. The standard InChI is InChI=1S/C11H17N3O2S/c12-7-10(8-5-6-8)14-9-3-1-2-4-11(9)17(13,15)16/h1-4,8,10,14H,5-7,12H2,(H2,13,15,16). The Kier molecular flexibility index (Phi) is 3.37. The zero-order valence-corrected chi connectivity index (χ0v) is 10.3. The van der Waals surface area contributed by atoms with Gasteiger partial charge in [-0.3, -0.25) is 0 Å². The molecule has 0 amide bonds. The molecule has 6 heteroatoms. The van der Waals surface area contributed by atoms with E-state index in [9.17, 15) is 8.42 Å². The fourth-order valence-electron chi connectivity index (χ4n) is 1.90. The van der Waals surface area contributed by atoms with E-state index in [4.69, 9.17) is 10.9 Å². The highest BCUT2D eigenvalue weighted by Gasteiger charge is 2.30. The molecule has 0 radical (unpaired) electrons. The van der Waals surface area contributed by atoms with Gasteiger partial charge in [0.05, 0.1) is 5.69 Å². The van der Waals surface area contributed by atoms with E-state index in [0.717, 1.165) is 12.8 Å². The molecule has 5 N–H and O–H groups in total. The number of benzene rings is 1. The maximum atomic E-state index is 11.4. The summed E-state index contributed by atoms with van der Waals surface area (Å²) < 4.78 is 22.8. The van der Waals surface area contributed by atoms with Crippen LogP contribution in [-0.2, 0) is 10.0 Å². The van der Waals surface area contributed by atoms with Crippen molar-refractivity contribution in [3.63, 3.8) is 0 Å². The van der Waals surface area contributed by atoms with Gasteiger partial charge in [0.15, 0.2) is 0 Å². The van der Waals surface area contributed by atoms with E-state index in [-0.39, 0.29) is 10.9 Å². The molecule has 1 aliphatic carbocycles. The molecule has 17 heavy (non-hydrogen) atoms. The molecule has 0 aromatic heterocycles. The van der Waals surface area contributed by atoms with E-state index in [1.807, 2.05) is 0 Å². The minimum absolute atomic E-state index is 0.123. The van der Waals surface area contributed by atoms with Gasteiger partial charge >= 0.3 is 0 Å². The number of para-hydroxylation sites is 1. The first kappa shape index (κ1) is 12.3. The monoisotopic (exact) mass is 255 g/mol. The molecule has 5 nitrogen and oxygen atoms in total. The second kappa shape index (κ2) is 4.64. The van der Waals surface area contributed by atoms with Crippen LogP contribution in [0, 0.1) is 5.92 Å². The van der Waals surface area contributed by atoms with Crippen molar-refractivity contribution in [2.24, 2.45) is 16.8 Å². The van der Waals surface area contributed by atoms with Crippen LogP contribution in [0.3, 0.4) is 0 Å². The summed E-state index contributed by atoms with van der Waals surface area (Å²) in [5.41, 5.74) is 6.22. The van der Waals surface area contributed by atoms with Crippen molar-refractivity contribution in [2.75, 3.05) is 11.9 Å². The molecule has 1 fully saturated rings. The summed E-state index contributed by atoms with van der Waals surface area (Å²) in [6.45, 7) is 0.490. The average Bonchev–Trinajstić information content (AvgIpc) is 3.09. The highest BCUT2D eigenvalue weighted by Crippen LogP contribution is 2.34. The van der Waals surface area contributed by atoms with Gasteiger partial charge in [0.25, 0.3) is 0 Å². The predicted octanol–water partition coefficient (Wildman–Crippen LogP) is 0.483. The van der Waals surface area contributed by atoms with Crippen LogP contribution in [0.2, 0.25) is 0 Å². The summed E-state index contributed by atoms with van der Waals surface area (Å²) in [7, 11) is -3.70. The highest BCUT2D eigenvalue weighted by molar-refractivity contribution is 7.89. The zero-order chi connectivity index (χ0) is 12.5. The molecule has 1 aromatic rings. The number of sulfonamides is 1. The number of primary sulfonamides is 1. The average molecular weight is 255 g/mol. The normalized spacial score (nSPS) is 17.8. The van der Waals surface area contributed by atoms with Gasteiger partial charge in [0.1, 0.15) is 4.90 Å². The fourth-order valence-corrected chi connectivity index (χ4v) is 2.60. The maximum absolute atomic E-state index is 11.4. The van der Waals surface area contributed by atoms with Crippen molar-refractivity contribution in [3.05, 3.63) is 24.3 Å². The van der Waals surface area contributed by atoms with Gasteiger partial charge in [0, 0.05) is 12.6 Å². The second-order valence-electron chi connectivity index (χ2n) is 4.37. The van der Waals surface area contributed by atoms with E-state index < -0.39 is 10.0 Å². The molecule has 0 spiro atoms. The molecule has 0 saturated heterocycles. The molecule has 1 unspecified atom stereocenters. The lowest BCUT2D eigenvalue weighted by molar-refractivity contribution is 0.597. The molecule has 1 saturated carbocycles. The van der Waals surface area contributed by atoms with E-state index >= 15 is 0 Å². The third-order valence-electron chi connectivity index (χ3n) is 2.98. The van der Waals surface area contributed by atoms with Gasteiger partial charge in [0.2, 0.25) is 10.0 Å². The van der Waals surface area contributed by atoms with Crippen molar-refractivity contribution < 1.29 is 8.42 Å².